The molecular weight excluding hydrogens is 370 g/mol. The zero-order valence-corrected chi connectivity index (χ0v) is 17.4. The number of carbonyl (C=O) groups excluding carboxylic acids is 1. The normalized spacial score (nSPS) is 18.3. The van der Waals surface area contributed by atoms with Gasteiger partial charge in [0.2, 0.25) is 0 Å². The lowest BCUT2D eigenvalue weighted by molar-refractivity contribution is 0.0487. The third-order valence-corrected chi connectivity index (χ3v) is 7.27. The van der Waals surface area contributed by atoms with Crippen LogP contribution in [0.2, 0.25) is 0 Å². The highest BCUT2D eigenvalue weighted by Gasteiger charge is 2.35. The Kier molecular flexibility index (Phi) is 6.02. The van der Waals surface area contributed by atoms with Crippen LogP contribution in [0, 0.1) is 0 Å². The number of benzene rings is 1. The first-order chi connectivity index (χ1) is 13.7. The van der Waals surface area contributed by atoms with E-state index >= 15 is 0 Å². The minimum Gasteiger partial charge on any atom is -0.494 e. The van der Waals surface area contributed by atoms with E-state index in [1.807, 2.05) is 19.1 Å². The summed E-state index contributed by atoms with van der Waals surface area (Å²) in [5.74, 6) is 0.956. The third kappa shape index (κ3) is 4.11. The molecule has 0 atom stereocenters. The summed E-state index contributed by atoms with van der Waals surface area (Å²) in [6, 6.07) is 10.5. The van der Waals surface area contributed by atoms with Crippen LogP contribution in [0.3, 0.4) is 0 Å². The SMILES string of the molecule is CCOc1ccc(C2(CNC(=O)c3cc4c(s3)CCCC4)CCOCC2)cc1. The summed E-state index contributed by atoms with van der Waals surface area (Å²) < 4.78 is 11.2. The summed E-state index contributed by atoms with van der Waals surface area (Å²) >= 11 is 1.68. The number of rotatable bonds is 6. The Bertz CT molecular complexity index is 782. The molecule has 1 N–H and O–H groups in total. The molecule has 0 bridgehead atoms. The smallest absolute Gasteiger partial charge is 0.261 e. The van der Waals surface area contributed by atoms with Crippen LogP contribution in [-0.4, -0.2) is 32.3 Å². The molecule has 1 saturated heterocycles. The first kappa shape index (κ1) is 19.5. The van der Waals surface area contributed by atoms with Crippen molar-refractivity contribution in [3.63, 3.8) is 0 Å². The summed E-state index contributed by atoms with van der Waals surface area (Å²) in [6.07, 6.45) is 6.57. The first-order valence-electron chi connectivity index (χ1n) is 10.4. The molecule has 1 amide bonds. The van der Waals surface area contributed by atoms with Gasteiger partial charge in [0.1, 0.15) is 5.75 Å². The molecule has 2 heterocycles. The maximum absolute atomic E-state index is 12.9. The molecule has 5 heteroatoms. The standard InChI is InChI=1S/C23H29NO3S/c1-2-27-19-9-7-18(8-10-19)23(11-13-26-14-12-23)16-24-22(25)21-15-17-5-3-4-6-20(17)28-21/h7-10,15H,2-6,11-14,16H2,1H3,(H,24,25). The van der Waals surface area contributed by atoms with Gasteiger partial charge in [-0.2, -0.15) is 0 Å². The average molecular weight is 400 g/mol. The molecule has 1 aromatic carbocycles. The molecule has 1 fully saturated rings. The van der Waals surface area contributed by atoms with Crippen molar-refractivity contribution < 1.29 is 14.3 Å². The highest BCUT2D eigenvalue weighted by Crippen LogP contribution is 2.36. The Hall–Kier alpha value is -1.85. The van der Waals surface area contributed by atoms with Crippen LogP contribution in [0.15, 0.2) is 30.3 Å². The van der Waals surface area contributed by atoms with Gasteiger partial charge in [0.25, 0.3) is 5.91 Å². The Morgan fingerprint density at radius 2 is 1.93 bits per heavy atom. The zero-order chi connectivity index (χ0) is 19.4. The van der Waals surface area contributed by atoms with Crippen molar-refractivity contribution in [2.45, 2.75) is 50.9 Å². The van der Waals surface area contributed by atoms with E-state index in [1.54, 1.807) is 11.3 Å². The summed E-state index contributed by atoms with van der Waals surface area (Å²) in [7, 11) is 0. The number of thiophene rings is 1. The summed E-state index contributed by atoms with van der Waals surface area (Å²) in [4.78, 5) is 15.1. The second-order valence-electron chi connectivity index (χ2n) is 7.80. The Labute approximate surface area is 171 Å². The van der Waals surface area contributed by atoms with Crippen molar-refractivity contribution in [2.75, 3.05) is 26.4 Å². The number of aryl methyl sites for hydroxylation is 2. The van der Waals surface area contributed by atoms with Gasteiger partial charge in [-0.15, -0.1) is 11.3 Å². The van der Waals surface area contributed by atoms with Gasteiger partial charge in [0.15, 0.2) is 0 Å². The topological polar surface area (TPSA) is 47.6 Å². The lowest BCUT2D eigenvalue weighted by Gasteiger charge is -2.38. The van der Waals surface area contributed by atoms with Gasteiger partial charge in [-0.3, -0.25) is 4.79 Å². The minimum absolute atomic E-state index is 0.0659. The molecule has 2 aromatic rings. The van der Waals surface area contributed by atoms with E-state index in [0.29, 0.717) is 13.2 Å². The molecule has 1 aliphatic heterocycles. The largest absolute Gasteiger partial charge is 0.494 e. The number of nitrogens with one attached hydrogen (secondary N) is 1. The third-order valence-electron chi connectivity index (χ3n) is 6.04. The predicted molar refractivity (Wildman–Crippen MR) is 113 cm³/mol. The zero-order valence-electron chi connectivity index (χ0n) is 16.6. The Morgan fingerprint density at radius 3 is 2.64 bits per heavy atom. The van der Waals surface area contributed by atoms with Gasteiger partial charge in [-0.1, -0.05) is 12.1 Å². The molecule has 150 valence electrons. The van der Waals surface area contributed by atoms with E-state index in [4.69, 9.17) is 9.47 Å². The molecule has 1 aromatic heterocycles. The number of fused-ring (bicyclic) bond motifs is 1. The molecule has 2 aliphatic rings. The second kappa shape index (κ2) is 8.66. The van der Waals surface area contributed by atoms with Crippen molar-refractivity contribution in [2.24, 2.45) is 0 Å². The van der Waals surface area contributed by atoms with Crippen molar-refractivity contribution in [3.05, 3.63) is 51.2 Å². The van der Waals surface area contributed by atoms with Crippen LogP contribution >= 0.6 is 11.3 Å². The van der Waals surface area contributed by atoms with Gasteiger partial charge in [-0.25, -0.2) is 0 Å². The highest BCUT2D eigenvalue weighted by molar-refractivity contribution is 7.14. The summed E-state index contributed by atoms with van der Waals surface area (Å²) in [5.41, 5.74) is 2.56. The monoisotopic (exact) mass is 399 g/mol. The van der Waals surface area contributed by atoms with E-state index in [1.165, 1.54) is 28.8 Å². The molecular formula is C23H29NO3S. The van der Waals surface area contributed by atoms with Crippen molar-refractivity contribution in [1.82, 2.24) is 5.32 Å². The van der Waals surface area contributed by atoms with Gasteiger partial charge >= 0.3 is 0 Å². The van der Waals surface area contributed by atoms with E-state index in [-0.39, 0.29) is 11.3 Å². The minimum atomic E-state index is -0.0739. The van der Waals surface area contributed by atoms with E-state index in [0.717, 1.165) is 49.5 Å². The number of carbonyl (C=O) groups is 1. The fourth-order valence-electron chi connectivity index (χ4n) is 4.34. The van der Waals surface area contributed by atoms with Gasteiger partial charge in [0, 0.05) is 30.1 Å². The van der Waals surface area contributed by atoms with Crippen LogP contribution in [0.5, 0.6) is 5.75 Å². The van der Waals surface area contributed by atoms with Crippen LogP contribution in [0.1, 0.15) is 58.3 Å². The van der Waals surface area contributed by atoms with Crippen molar-refractivity contribution >= 4 is 17.2 Å². The van der Waals surface area contributed by atoms with Crippen LogP contribution in [0.4, 0.5) is 0 Å². The summed E-state index contributed by atoms with van der Waals surface area (Å²) in [5, 5.41) is 3.24. The molecule has 1 aliphatic carbocycles. The Morgan fingerprint density at radius 1 is 1.18 bits per heavy atom. The van der Waals surface area contributed by atoms with E-state index in [2.05, 4.69) is 23.5 Å². The molecule has 0 saturated carbocycles. The lowest BCUT2D eigenvalue weighted by atomic mass is 9.74. The lowest BCUT2D eigenvalue weighted by Crippen LogP contribution is -2.44. The number of hydrogen-bond acceptors (Lipinski definition) is 4. The van der Waals surface area contributed by atoms with Gasteiger partial charge in [0.05, 0.1) is 11.5 Å². The summed E-state index contributed by atoms with van der Waals surface area (Å²) in [6.45, 7) is 4.77. The van der Waals surface area contributed by atoms with Crippen molar-refractivity contribution in [1.29, 1.82) is 0 Å². The number of ether oxygens (including phenoxy) is 2. The quantitative estimate of drug-likeness (QED) is 0.778. The van der Waals surface area contributed by atoms with E-state index in [9.17, 15) is 4.79 Å². The fourth-order valence-corrected chi connectivity index (χ4v) is 5.51. The molecule has 4 rings (SSSR count). The second-order valence-corrected chi connectivity index (χ2v) is 8.94. The van der Waals surface area contributed by atoms with Crippen LogP contribution in [0.25, 0.3) is 0 Å². The maximum atomic E-state index is 12.9. The molecule has 0 radical (unpaired) electrons. The molecule has 4 nitrogen and oxygen atoms in total. The molecule has 0 spiro atoms. The average Bonchev–Trinajstić information content (AvgIpc) is 3.18. The number of amides is 1. The highest BCUT2D eigenvalue weighted by atomic mass is 32.1. The van der Waals surface area contributed by atoms with E-state index < -0.39 is 0 Å². The molecule has 28 heavy (non-hydrogen) atoms. The van der Waals surface area contributed by atoms with Crippen molar-refractivity contribution in [3.8, 4) is 5.75 Å². The Balaban J connectivity index is 1.48. The van der Waals surface area contributed by atoms with Crippen LogP contribution in [-0.2, 0) is 23.0 Å². The molecule has 0 unspecified atom stereocenters. The van der Waals surface area contributed by atoms with Gasteiger partial charge < -0.3 is 14.8 Å². The number of hydrogen-bond donors (Lipinski definition) is 1. The van der Waals surface area contributed by atoms with Gasteiger partial charge in [-0.05, 0) is 74.8 Å². The van der Waals surface area contributed by atoms with Crippen LogP contribution < -0.4 is 10.1 Å². The predicted octanol–water partition coefficient (Wildman–Crippen LogP) is 4.50. The first-order valence-corrected chi connectivity index (χ1v) is 11.2. The fraction of sp³-hybridized carbons (Fsp3) is 0.522. The maximum Gasteiger partial charge on any atom is 0.261 e.